The van der Waals surface area contributed by atoms with Crippen LogP contribution in [0.4, 0.5) is 0 Å². The van der Waals surface area contributed by atoms with Crippen LogP contribution >= 0.6 is 7.82 Å². The van der Waals surface area contributed by atoms with Gasteiger partial charge in [-0.2, -0.15) is 0 Å². The average molecular weight is 756 g/mol. The van der Waals surface area contributed by atoms with Crippen LogP contribution in [0.3, 0.4) is 0 Å². The largest absolute Gasteiger partial charge is 0.756 e. The molecule has 0 N–H and O–H groups in total. The second kappa shape index (κ2) is 35.0. The summed E-state index contributed by atoms with van der Waals surface area (Å²) in [5.41, 5.74) is 0. The zero-order valence-corrected chi connectivity index (χ0v) is 34.9. The first-order valence-electron chi connectivity index (χ1n) is 20.7. The predicted octanol–water partition coefficient (Wildman–Crippen LogP) is 10.7. The Morgan fingerprint density at radius 1 is 0.596 bits per heavy atom. The second-order valence-electron chi connectivity index (χ2n) is 15.0. The maximum Gasteiger partial charge on any atom is 0.306 e. The molecule has 9 nitrogen and oxygen atoms in total. The molecule has 0 rings (SSSR count). The molecule has 0 radical (unpaired) electrons. The van der Waals surface area contributed by atoms with Crippen molar-refractivity contribution in [3.8, 4) is 0 Å². The van der Waals surface area contributed by atoms with Crippen LogP contribution in [0.5, 0.6) is 0 Å². The molecular formula is C42H78NO8P. The van der Waals surface area contributed by atoms with Crippen LogP contribution in [-0.2, 0) is 32.7 Å². The van der Waals surface area contributed by atoms with Crippen LogP contribution in [0.2, 0.25) is 0 Å². The average Bonchev–Trinajstić information content (AvgIpc) is 3.09. The van der Waals surface area contributed by atoms with E-state index in [1.165, 1.54) is 77.0 Å². The summed E-state index contributed by atoms with van der Waals surface area (Å²) < 4.78 is 33.8. The van der Waals surface area contributed by atoms with Gasteiger partial charge in [0, 0.05) is 12.8 Å². The van der Waals surface area contributed by atoms with E-state index in [-0.39, 0.29) is 26.1 Å². The van der Waals surface area contributed by atoms with Gasteiger partial charge in [0.2, 0.25) is 0 Å². The van der Waals surface area contributed by atoms with Crippen LogP contribution in [0, 0.1) is 0 Å². The number of ether oxygens (including phenoxy) is 2. The Bertz CT molecular complexity index is 991. The molecule has 1 unspecified atom stereocenters. The third-order valence-electron chi connectivity index (χ3n) is 8.66. The van der Waals surface area contributed by atoms with Gasteiger partial charge in [-0.15, -0.1) is 0 Å². The number of carbonyl (C=O) groups is 2. The highest BCUT2D eigenvalue weighted by molar-refractivity contribution is 7.45. The van der Waals surface area contributed by atoms with Crippen LogP contribution in [-0.4, -0.2) is 70.0 Å². The number of likely N-dealkylation sites (N-methyl/N-ethyl adjacent to an activating group) is 1. The Hall–Kier alpha value is -1.77. The molecule has 0 fully saturated rings. The number of quaternary nitrogens is 1. The molecule has 10 heteroatoms. The van der Waals surface area contributed by atoms with Crippen molar-refractivity contribution in [2.45, 2.75) is 174 Å². The van der Waals surface area contributed by atoms with Gasteiger partial charge in [0.1, 0.15) is 19.8 Å². The standard InChI is InChI=1S/C42H78NO8P/c1-6-8-10-12-14-16-18-20-21-23-24-26-28-30-32-34-41(44)48-38-40(39-50-52(46,47)49-37-36-43(3,4)5)51-42(45)35-33-31-29-27-25-22-19-17-15-13-11-9-7-2/h14,16,20-21,24,26,40H,6-13,15,17-19,22-23,25,27-39H2,1-5H3/b16-14-,21-20-,26-24-/t40-/m1/s1. The molecule has 0 saturated carbocycles. The van der Waals surface area contributed by atoms with E-state index in [9.17, 15) is 19.0 Å². The maximum atomic E-state index is 12.6. The van der Waals surface area contributed by atoms with Crippen molar-refractivity contribution in [2.24, 2.45) is 0 Å². The zero-order chi connectivity index (χ0) is 38.6. The van der Waals surface area contributed by atoms with Gasteiger partial charge in [-0.1, -0.05) is 140 Å². The minimum absolute atomic E-state index is 0.0362. The lowest BCUT2D eigenvalue weighted by atomic mass is 10.0. The summed E-state index contributed by atoms with van der Waals surface area (Å²) in [6.07, 6.45) is 37.4. The van der Waals surface area contributed by atoms with Gasteiger partial charge in [-0.05, 0) is 51.4 Å². The van der Waals surface area contributed by atoms with Crippen LogP contribution in [0.15, 0.2) is 36.5 Å². The third kappa shape index (κ3) is 38.0. The fourth-order valence-corrected chi connectivity index (χ4v) is 6.09. The minimum Gasteiger partial charge on any atom is -0.756 e. The first kappa shape index (κ1) is 50.2. The van der Waals surface area contributed by atoms with Gasteiger partial charge in [0.05, 0.1) is 27.7 Å². The summed E-state index contributed by atoms with van der Waals surface area (Å²) in [5, 5.41) is 0. The van der Waals surface area contributed by atoms with Crippen molar-refractivity contribution in [1.82, 2.24) is 0 Å². The highest BCUT2D eigenvalue weighted by atomic mass is 31.2. The first-order valence-corrected chi connectivity index (χ1v) is 22.2. The Labute approximate surface area is 319 Å². The smallest absolute Gasteiger partial charge is 0.306 e. The summed E-state index contributed by atoms with van der Waals surface area (Å²) in [5.74, 6) is -0.878. The lowest BCUT2D eigenvalue weighted by Crippen LogP contribution is -2.37. The molecule has 0 aliphatic carbocycles. The summed E-state index contributed by atoms with van der Waals surface area (Å²) in [6.45, 7) is 4.14. The van der Waals surface area contributed by atoms with E-state index in [1.54, 1.807) is 0 Å². The highest BCUT2D eigenvalue weighted by Crippen LogP contribution is 2.38. The molecule has 304 valence electrons. The fraction of sp³-hybridized carbons (Fsp3) is 0.810. The molecule has 0 bridgehead atoms. The summed E-state index contributed by atoms with van der Waals surface area (Å²) in [7, 11) is 1.14. The number of nitrogens with zero attached hydrogens (tertiary/aromatic N) is 1. The molecular weight excluding hydrogens is 677 g/mol. The monoisotopic (exact) mass is 756 g/mol. The first-order chi connectivity index (χ1) is 25.0. The summed E-state index contributed by atoms with van der Waals surface area (Å²) >= 11 is 0. The van der Waals surface area contributed by atoms with Gasteiger partial charge in [0.25, 0.3) is 7.82 Å². The van der Waals surface area contributed by atoms with E-state index >= 15 is 0 Å². The molecule has 2 atom stereocenters. The normalized spacial score (nSPS) is 14.0. The number of rotatable bonds is 37. The van der Waals surface area contributed by atoms with Crippen LogP contribution in [0.25, 0.3) is 0 Å². The van der Waals surface area contributed by atoms with Crippen LogP contribution < -0.4 is 4.89 Å². The Morgan fingerprint density at radius 3 is 1.58 bits per heavy atom. The van der Waals surface area contributed by atoms with Crippen LogP contribution in [0.1, 0.15) is 168 Å². The quantitative estimate of drug-likeness (QED) is 0.0203. The number of esters is 2. The number of hydrogen-bond donors (Lipinski definition) is 0. The van der Waals surface area contributed by atoms with E-state index in [2.05, 4.69) is 50.3 Å². The number of hydrogen-bond acceptors (Lipinski definition) is 8. The number of phosphoric ester groups is 1. The molecule has 0 aliphatic rings. The number of unbranched alkanes of at least 4 members (excludes halogenated alkanes) is 17. The van der Waals surface area contributed by atoms with Crippen molar-refractivity contribution < 1.29 is 42.1 Å². The summed E-state index contributed by atoms with van der Waals surface area (Å²) in [6, 6.07) is 0. The predicted molar refractivity (Wildman–Crippen MR) is 213 cm³/mol. The second-order valence-corrected chi connectivity index (χ2v) is 16.4. The highest BCUT2D eigenvalue weighted by Gasteiger charge is 2.21. The van der Waals surface area contributed by atoms with Gasteiger partial charge in [-0.3, -0.25) is 14.2 Å². The van der Waals surface area contributed by atoms with E-state index in [1.807, 2.05) is 21.1 Å². The van der Waals surface area contributed by atoms with Gasteiger partial charge < -0.3 is 27.9 Å². The molecule has 0 amide bonds. The number of phosphoric acid groups is 1. The van der Waals surface area contributed by atoms with Gasteiger partial charge in [-0.25, -0.2) is 0 Å². The molecule has 52 heavy (non-hydrogen) atoms. The Balaban J connectivity index is 4.46. The van der Waals surface area contributed by atoms with E-state index in [4.69, 9.17) is 18.5 Å². The van der Waals surface area contributed by atoms with Crippen molar-refractivity contribution in [3.63, 3.8) is 0 Å². The zero-order valence-electron chi connectivity index (χ0n) is 34.0. The number of allylic oxidation sites excluding steroid dienone is 6. The molecule has 0 spiro atoms. The number of carbonyl (C=O) groups excluding carboxylic acids is 2. The van der Waals surface area contributed by atoms with Crippen molar-refractivity contribution in [3.05, 3.63) is 36.5 Å². The van der Waals surface area contributed by atoms with E-state index < -0.39 is 32.5 Å². The van der Waals surface area contributed by atoms with Gasteiger partial charge in [0.15, 0.2) is 6.10 Å². The molecule has 0 aromatic heterocycles. The topological polar surface area (TPSA) is 111 Å². The molecule has 0 heterocycles. The lowest BCUT2D eigenvalue weighted by Gasteiger charge is -2.28. The lowest BCUT2D eigenvalue weighted by molar-refractivity contribution is -0.870. The van der Waals surface area contributed by atoms with Crippen molar-refractivity contribution in [2.75, 3.05) is 47.5 Å². The van der Waals surface area contributed by atoms with E-state index in [0.717, 1.165) is 51.4 Å². The molecule has 0 aromatic rings. The fourth-order valence-electron chi connectivity index (χ4n) is 5.37. The Kier molecular flexibility index (Phi) is 33.8. The van der Waals surface area contributed by atoms with E-state index in [0.29, 0.717) is 23.9 Å². The molecule has 0 aliphatic heterocycles. The maximum absolute atomic E-state index is 12.6. The molecule has 0 aromatic carbocycles. The van der Waals surface area contributed by atoms with Gasteiger partial charge >= 0.3 is 11.9 Å². The summed E-state index contributed by atoms with van der Waals surface area (Å²) in [4.78, 5) is 37.4. The minimum atomic E-state index is -4.63. The third-order valence-corrected chi connectivity index (χ3v) is 9.63. The molecule has 0 saturated heterocycles. The van der Waals surface area contributed by atoms with Crippen molar-refractivity contribution >= 4 is 19.8 Å². The Morgan fingerprint density at radius 2 is 1.04 bits per heavy atom. The SMILES string of the molecule is CCCCC/C=C\C/C=C\C/C=C\CCCCC(=O)OC[C@H](COP(=O)([O-])OCC[N+](C)(C)C)OC(=O)CCCCCCCCCCCCCCC. The van der Waals surface area contributed by atoms with Crippen molar-refractivity contribution in [1.29, 1.82) is 0 Å².